The number of ether oxygens (including phenoxy) is 1. The Balaban J connectivity index is 2.19. The van der Waals surface area contributed by atoms with Crippen molar-refractivity contribution in [3.63, 3.8) is 0 Å². The molecular weight excluding hydrogens is 246 g/mol. The number of amides is 1. The van der Waals surface area contributed by atoms with Gasteiger partial charge >= 0.3 is 5.97 Å². The number of rotatable bonds is 4. The molecule has 1 aliphatic heterocycles. The Morgan fingerprint density at radius 3 is 2.95 bits per heavy atom. The molecule has 1 N–H and O–H groups in total. The molecule has 5 nitrogen and oxygen atoms in total. The number of carboxylic acids is 1. The van der Waals surface area contributed by atoms with Crippen molar-refractivity contribution in [2.24, 2.45) is 0 Å². The van der Waals surface area contributed by atoms with Gasteiger partial charge in [0.2, 0.25) is 0 Å². The monoisotopic (exact) mass is 263 g/mol. The Hall–Kier alpha value is -2.04. The fraction of sp³-hybridized carbons (Fsp3) is 0.429. The molecule has 0 radical (unpaired) electrons. The van der Waals surface area contributed by atoms with Crippen LogP contribution in [0.1, 0.15) is 30.1 Å². The molecule has 1 fully saturated rings. The fourth-order valence-electron chi connectivity index (χ4n) is 2.32. The van der Waals surface area contributed by atoms with Crippen LogP contribution in [0.25, 0.3) is 0 Å². The lowest BCUT2D eigenvalue weighted by Crippen LogP contribution is -2.40. The van der Waals surface area contributed by atoms with Crippen molar-refractivity contribution in [1.82, 2.24) is 4.90 Å². The van der Waals surface area contributed by atoms with Gasteiger partial charge in [-0.2, -0.15) is 0 Å². The third-order valence-corrected chi connectivity index (χ3v) is 3.19. The van der Waals surface area contributed by atoms with Crippen molar-refractivity contribution >= 4 is 11.9 Å². The average molecular weight is 263 g/mol. The molecule has 19 heavy (non-hydrogen) atoms. The van der Waals surface area contributed by atoms with E-state index in [1.165, 1.54) is 4.90 Å². The molecule has 1 amide bonds. The van der Waals surface area contributed by atoms with Crippen LogP contribution < -0.4 is 4.74 Å². The van der Waals surface area contributed by atoms with Gasteiger partial charge in [-0.3, -0.25) is 4.79 Å². The zero-order chi connectivity index (χ0) is 13.8. The Morgan fingerprint density at radius 1 is 1.47 bits per heavy atom. The minimum atomic E-state index is -0.938. The fourth-order valence-corrected chi connectivity index (χ4v) is 2.32. The molecule has 102 valence electrons. The summed E-state index contributed by atoms with van der Waals surface area (Å²) in [4.78, 5) is 24.8. The predicted molar refractivity (Wildman–Crippen MR) is 69.3 cm³/mol. The van der Waals surface area contributed by atoms with Gasteiger partial charge in [0.15, 0.2) is 0 Å². The molecule has 1 aliphatic rings. The van der Waals surface area contributed by atoms with Gasteiger partial charge in [-0.25, -0.2) is 4.79 Å². The first-order valence-corrected chi connectivity index (χ1v) is 6.40. The van der Waals surface area contributed by atoms with Gasteiger partial charge in [0.1, 0.15) is 11.8 Å². The maximum Gasteiger partial charge on any atom is 0.326 e. The molecule has 0 aromatic heterocycles. The number of likely N-dealkylation sites (tertiary alicyclic amines) is 1. The van der Waals surface area contributed by atoms with Crippen LogP contribution in [-0.4, -0.2) is 41.1 Å². The standard InChI is InChI=1S/C14H17NO4/c1-2-19-11-6-3-5-10(9-11)13(16)15-8-4-7-12(15)14(17)18/h3,5-6,9,12H,2,4,7-8H2,1H3,(H,17,18). The average Bonchev–Trinajstić information content (AvgIpc) is 2.88. The Morgan fingerprint density at radius 2 is 2.26 bits per heavy atom. The van der Waals surface area contributed by atoms with E-state index >= 15 is 0 Å². The van der Waals surface area contributed by atoms with E-state index in [4.69, 9.17) is 9.84 Å². The molecular formula is C14H17NO4. The van der Waals surface area contributed by atoms with E-state index in [2.05, 4.69) is 0 Å². The number of nitrogens with zero attached hydrogens (tertiary/aromatic N) is 1. The molecule has 2 rings (SSSR count). The van der Waals surface area contributed by atoms with E-state index in [-0.39, 0.29) is 5.91 Å². The molecule has 1 aromatic carbocycles. The molecule has 1 heterocycles. The minimum Gasteiger partial charge on any atom is -0.494 e. The van der Waals surface area contributed by atoms with Crippen LogP contribution in [0, 0.1) is 0 Å². The molecule has 1 atom stereocenters. The summed E-state index contributed by atoms with van der Waals surface area (Å²) in [6.45, 7) is 2.89. The maximum atomic E-state index is 12.3. The number of benzene rings is 1. The van der Waals surface area contributed by atoms with Crippen molar-refractivity contribution in [2.75, 3.05) is 13.2 Å². The third-order valence-electron chi connectivity index (χ3n) is 3.19. The summed E-state index contributed by atoms with van der Waals surface area (Å²) in [5, 5.41) is 9.10. The normalized spacial score (nSPS) is 18.4. The van der Waals surface area contributed by atoms with Gasteiger partial charge in [0, 0.05) is 12.1 Å². The Bertz CT molecular complexity index is 486. The molecule has 1 saturated heterocycles. The summed E-state index contributed by atoms with van der Waals surface area (Å²) in [5.41, 5.74) is 0.471. The van der Waals surface area contributed by atoms with Crippen molar-refractivity contribution in [3.05, 3.63) is 29.8 Å². The molecule has 0 spiro atoms. The van der Waals surface area contributed by atoms with E-state index in [0.29, 0.717) is 30.9 Å². The van der Waals surface area contributed by atoms with E-state index in [1.807, 2.05) is 6.92 Å². The molecule has 0 saturated carbocycles. The van der Waals surface area contributed by atoms with Crippen molar-refractivity contribution in [2.45, 2.75) is 25.8 Å². The zero-order valence-electron chi connectivity index (χ0n) is 10.8. The number of carbonyl (C=O) groups is 2. The third kappa shape index (κ3) is 2.86. The predicted octanol–water partition coefficient (Wildman–Crippen LogP) is 1.77. The second-order valence-corrected chi connectivity index (χ2v) is 4.46. The minimum absolute atomic E-state index is 0.244. The molecule has 1 aromatic rings. The molecule has 0 bridgehead atoms. The number of aliphatic carboxylic acids is 1. The molecule has 0 aliphatic carbocycles. The Labute approximate surface area is 111 Å². The lowest BCUT2D eigenvalue weighted by Gasteiger charge is -2.21. The van der Waals surface area contributed by atoms with Crippen LogP contribution in [0.3, 0.4) is 0 Å². The van der Waals surface area contributed by atoms with Crippen LogP contribution in [-0.2, 0) is 4.79 Å². The van der Waals surface area contributed by atoms with Gasteiger partial charge in [-0.15, -0.1) is 0 Å². The van der Waals surface area contributed by atoms with Gasteiger partial charge in [-0.05, 0) is 38.0 Å². The van der Waals surface area contributed by atoms with E-state index in [0.717, 1.165) is 6.42 Å². The quantitative estimate of drug-likeness (QED) is 0.899. The van der Waals surface area contributed by atoms with Crippen LogP contribution in [0.4, 0.5) is 0 Å². The smallest absolute Gasteiger partial charge is 0.326 e. The van der Waals surface area contributed by atoms with E-state index < -0.39 is 12.0 Å². The largest absolute Gasteiger partial charge is 0.494 e. The summed E-state index contributed by atoms with van der Waals surface area (Å²) < 4.78 is 5.35. The van der Waals surface area contributed by atoms with Gasteiger partial charge in [0.05, 0.1) is 6.61 Å². The number of hydrogen-bond acceptors (Lipinski definition) is 3. The summed E-state index contributed by atoms with van der Waals surface area (Å²) in [7, 11) is 0. The molecule has 5 heteroatoms. The summed E-state index contributed by atoms with van der Waals surface area (Å²) in [6.07, 6.45) is 1.25. The summed E-state index contributed by atoms with van der Waals surface area (Å²) >= 11 is 0. The van der Waals surface area contributed by atoms with Gasteiger partial charge in [-0.1, -0.05) is 6.07 Å². The van der Waals surface area contributed by atoms with Crippen molar-refractivity contribution < 1.29 is 19.4 Å². The second-order valence-electron chi connectivity index (χ2n) is 4.46. The summed E-state index contributed by atoms with van der Waals surface area (Å²) in [5.74, 6) is -0.558. The van der Waals surface area contributed by atoms with Crippen molar-refractivity contribution in [3.8, 4) is 5.75 Å². The van der Waals surface area contributed by atoms with Crippen LogP contribution >= 0.6 is 0 Å². The van der Waals surface area contributed by atoms with Gasteiger partial charge in [0.25, 0.3) is 5.91 Å². The highest BCUT2D eigenvalue weighted by atomic mass is 16.5. The highest BCUT2D eigenvalue weighted by molar-refractivity contribution is 5.97. The Kier molecular flexibility index (Phi) is 4.04. The lowest BCUT2D eigenvalue weighted by molar-refractivity contribution is -0.141. The van der Waals surface area contributed by atoms with E-state index in [9.17, 15) is 9.59 Å². The van der Waals surface area contributed by atoms with E-state index in [1.54, 1.807) is 24.3 Å². The highest BCUT2D eigenvalue weighted by Gasteiger charge is 2.34. The first kappa shape index (κ1) is 13.4. The van der Waals surface area contributed by atoms with Crippen molar-refractivity contribution in [1.29, 1.82) is 0 Å². The number of hydrogen-bond donors (Lipinski definition) is 1. The zero-order valence-corrected chi connectivity index (χ0v) is 10.8. The van der Waals surface area contributed by atoms with Crippen LogP contribution in [0.15, 0.2) is 24.3 Å². The van der Waals surface area contributed by atoms with Crippen LogP contribution in [0.2, 0.25) is 0 Å². The summed E-state index contributed by atoms with van der Waals surface area (Å²) in [6, 6.07) is 6.15. The number of carbonyl (C=O) groups excluding carboxylic acids is 1. The SMILES string of the molecule is CCOc1cccc(C(=O)N2CCCC2C(=O)O)c1. The lowest BCUT2D eigenvalue weighted by atomic mass is 10.1. The molecule has 1 unspecified atom stereocenters. The van der Waals surface area contributed by atoms with Gasteiger partial charge < -0.3 is 14.7 Å². The topological polar surface area (TPSA) is 66.8 Å². The first-order valence-electron chi connectivity index (χ1n) is 6.40. The first-order chi connectivity index (χ1) is 9.13. The number of carboxylic acid groups (broad SMARTS) is 1. The second kappa shape index (κ2) is 5.73. The van der Waals surface area contributed by atoms with Crippen LogP contribution in [0.5, 0.6) is 5.75 Å². The highest BCUT2D eigenvalue weighted by Crippen LogP contribution is 2.22. The maximum absolute atomic E-state index is 12.3.